The molecular weight excluding hydrogens is 634 g/mol. The van der Waals surface area contributed by atoms with E-state index >= 15 is 4.39 Å². The Hall–Kier alpha value is -2.34. The van der Waals surface area contributed by atoms with E-state index in [0.29, 0.717) is 85.5 Å². The highest BCUT2D eigenvalue weighted by molar-refractivity contribution is 7.92. The molecule has 2 saturated carbocycles. The van der Waals surface area contributed by atoms with E-state index in [-0.39, 0.29) is 29.8 Å². The average molecular weight is 679 g/mol. The summed E-state index contributed by atoms with van der Waals surface area (Å²) < 4.78 is 61.9. The maximum Gasteiger partial charge on any atom is 0.232 e. The first kappa shape index (κ1) is 33.6. The van der Waals surface area contributed by atoms with E-state index in [1.165, 1.54) is 22.7 Å². The van der Waals surface area contributed by atoms with E-state index in [2.05, 4.69) is 4.90 Å². The highest BCUT2D eigenvalue weighted by atomic mass is 35.5. The predicted molar refractivity (Wildman–Crippen MR) is 175 cm³/mol. The number of benzene rings is 1. The lowest BCUT2D eigenvalue weighted by atomic mass is 9.86. The molecule has 1 aromatic heterocycles. The van der Waals surface area contributed by atoms with Crippen molar-refractivity contribution in [3.8, 4) is 0 Å². The van der Waals surface area contributed by atoms with Crippen LogP contribution in [0.25, 0.3) is 0 Å². The predicted octanol–water partition coefficient (Wildman–Crippen LogP) is 5.88. The summed E-state index contributed by atoms with van der Waals surface area (Å²) in [6.07, 6.45) is 7.83. The first-order chi connectivity index (χ1) is 21.9. The van der Waals surface area contributed by atoms with E-state index in [1.54, 1.807) is 13.2 Å². The zero-order valence-corrected chi connectivity index (χ0v) is 28.5. The molecule has 6 rings (SSSR count). The Kier molecular flexibility index (Phi) is 9.95. The number of aromatic nitrogens is 1. The summed E-state index contributed by atoms with van der Waals surface area (Å²) in [7, 11) is -1.85. The van der Waals surface area contributed by atoms with Gasteiger partial charge in [0, 0.05) is 56.7 Å². The van der Waals surface area contributed by atoms with E-state index in [1.807, 2.05) is 11.8 Å². The molecule has 0 N–H and O–H groups in total. The van der Waals surface area contributed by atoms with Crippen molar-refractivity contribution in [3.05, 3.63) is 57.9 Å². The first-order valence-corrected chi connectivity index (χ1v) is 18.8. The zero-order chi connectivity index (χ0) is 32.7. The van der Waals surface area contributed by atoms with Crippen LogP contribution in [0, 0.1) is 30.4 Å². The summed E-state index contributed by atoms with van der Waals surface area (Å²) in [6, 6.07) is 5.82. The van der Waals surface area contributed by atoms with Crippen LogP contribution in [-0.4, -0.2) is 87.3 Å². The number of sulfonamides is 1. The molecule has 46 heavy (non-hydrogen) atoms. The number of halogens is 3. The summed E-state index contributed by atoms with van der Waals surface area (Å²) >= 11 is 6.48. The second-order valence-corrected chi connectivity index (χ2v) is 16.1. The molecule has 2 aromatic rings. The Morgan fingerprint density at radius 2 is 1.83 bits per heavy atom. The number of carbonyl (C=O) groups is 1. The number of hydrogen-bond donors (Lipinski definition) is 0. The Morgan fingerprint density at radius 1 is 1.09 bits per heavy atom. The van der Waals surface area contributed by atoms with Crippen LogP contribution in [0.3, 0.4) is 0 Å². The lowest BCUT2D eigenvalue weighted by molar-refractivity contribution is -0.137. The normalized spacial score (nSPS) is 26.2. The third-order valence-corrected chi connectivity index (χ3v) is 12.1. The topological polar surface area (TPSA) is 83.1 Å². The summed E-state index contributed by atoms with van der Waals surface area (Å²) in [5.74, 6) is -1.70. The van der Waals surface area contributed by atoms with Crippen LogP contribution in [0.4, 0.5) is 14.5 Å². The monoisotopic (exact) mass is 678 g/mol. The number of nitrogens with zero attached hydrogens (tertiary/aromatic N) is 4. The van der Waals surface area contributed by atoms with Gasteiger partial charge in [-0.2, -0.15) is 0 Å². The molecule has 2 aliphatic heterocycles. The molecule has 1 amide bonds. The minimum Gasteiger partial charge on any atom is -0.383 e. The smallest absolute Gasteiger partial charge is 0.232 e. The average Bonchev–Trinajstić information content (AvgIpc) is 3.55. The molecule has 12 heteroatoms. The summed E-state index contributed by atoms with van der Waals surface area (Å²) in [6.45, 7) is 4.76. The highest BCUT2D eigenvalue weighted by Gasteiger charge is 2.46. The molecule has 1 aromatic carbocycles. The molecule has 2 saturated heterocycles. The maximum absolute atomic E-state index is 15.2. The number of pyridine rings is 1. The van der Waals surface area contributed by atoms with Crippen molar-refractivity contribution in [3.63, 3.8) is 0 Å². The van der Waals surface area contributed by atoms with Gasteiger partial charge in [-0.25, -0.2) is 17.2 Å². The fourth-order valence-corrected chi connectivity index (χ4v) is 9.19. The first-order valence-electron chi connectivity index (χ1n) is 16.6. The molecule has 4 atom stereocenters. The van der Waals surface area contributed by atoms with Gasteiger partial charge in [-0.3, -0.25) is 19.0 Å². The van der Waals surface area contributed by atoms with Crippen LogP contribution in [0.1, 0.15) is 80.2 Å². The van der Waals surface area contributed by atoms with E-state index in [0.717, 1.165) is 38.3 Å². The third kappa shape index (κ3) is 7.08. The molecule has 4 fully saturated rings. The van der Waals surface area contributed by atoms with Gasteiger partial charge in [-0.05, 0) is 94.4 Å². The second-order valence-electron chi connectivity index (χ2n) is 13.8. The Balaban J connectivity index is 1.22. The Morgan fingerprint density at radius 3 is 2.48 bits per heavy atom. The van der Waals surface area contributed by atoms with Crippen molar-refractivity contribution in [1.82, 2.24) is 14.8 Å². The largest absolute Gasteiger partial charge is 0.383 e. The number of ether oxygens (including phenoxy) is 1. The summed E-state index contributed by atoms with van der Waals surface area (Å²) in [4.78, 5) is 23.4. The fraction of sp³-hybridized carbons (Fsp3) is 0.647. The van der Waals surface area contributed by atoms with Crippen molar-refractivity contribution >= 4 is 33.2 Å². The number of methoxy groups -OCH3 is 1. The highest BCUT2D eigenvalue weighted by Crippen LogP contribution is 2.46. The maximum atomic E-state index is 15.2. The SMILES string of the molecule is COC[C@H]1CCCN1C1C[C@@H](C(=O)N2CCC(c3nc(C)c(Cl)cc3N(CC3CC3)S(C)(=O)=O)CC2)[C@H](c2ccc(F)cc2F)C1. The van der Waals surface area contributed by atoms with E-state index < -0.39 is 27.6 Å². The van der Waals surface area contributed by atoms with E-state index in [4.69, 9.17) is 21.3 Å². The van der Waals surface area contributed by atoms with Crippen LogP contribution < -0.4 is 4.31 Å². The fourth-order valence-electron chi connectivity index (χ4n) is 8.06. The standard InChI is InChI=1S/C34H45ClF2N4O4S/c1-21-30(35)18-32(41(46(3,43)44)19-22-6-7-22)33(38-21)23-10-13-39(14-11-23)34(42)29-17-26(40-12-4-5-25(40)20-45-2)16-28(29)27-9-8-24(36)15-31(27)37/h8-9,15,18,22-23,25-26,28-29H,4-7,10-14,16-17,19-20H2,1-3H3/t25-,26?,28+,29-/m1/s1. The molecule has 4 aliphatic rings. The lowest BCUT2D eigenvalue weighted by Gasteiger charge is -2.36. The molecular formula is C34H45ClF2N4O4S. The number of aryl methyl sites for hydroxylation is 1. The number of carbonyl (C=O) groups excluding carboxylic acids is 1. The van der Waals surface area contributed by atoms with Crippen molar-refractivity contribution in [2.45, 2.75) is 82.2 Å². The Labute approximate surface area is 276 Å². The van der Waals surface area contributed by atoms with Crippen molar-refractivity contribution in [2.24, 2.45) is 11.8 Å². The molecule has 0 radical (unpaired) electrons. The second kappa shape index (κ2) is 13.6. The van der Waals surface area contributed by atoms with Gasteiger partial charge in [0.2, 0.25) is 15.9 Å². The van der Waals surface area contributed by atoms with Crippen LogP contribution in [-0.2, 0) is 19.6 Å². The quantitative estimate of drug-likeness (QED) is 0.313. The lowest BCUT2D eigenvalue weighted by Crippen LogP contribution is -2.43. The molecule has 1 unspecified atom stereocenters. The molecule has 0 spiro atoms. The van der Waals surface area contributed by atoms with Gasteiger partial charge in [0.1, 0.15) is 11.6 Å². The van der Waals surface area contributed by atoms with E-state index in [9.17, 15) is 17.6 Å². The molecule has 8 nitrogen and oxygen atoms in total. The minimum atomic E-state index is -3.55. The van der Waals surface area contributed by atoms with Gasteiger partial charge in [0.25, 0.3) is 0 Å². The van der Waals surface area contributed by atoms with Gasteiger partial charge in [0.15, 0.2) is 0 Å². The zero-order valence-electron chi connectivity index (χ0n) is 26.9. The van der Waals surface area contributed by atoms with Crippen molar-refractivity contribution in [2.75, 3.05) is 50.5 Å². The van der Waals surface area contributed by atoms with Crippen molar-refractivity contribution < 1.29 is 26.7 Å². The summed E-state index contributed by atoms with van der Waals surface area (Å²) in [5.41, 5.74) is 2.30. The number of likely N-dealkylation sites (tertiary alicyclic amines) is 2. The van der Waals surface area contributed by atoms with Crippen LogP contribution >= 0.6 is 11.6 Å². The van der Waals surface area contributed by atoms with Crippen LogP contribution in [0.5, 0.6) is 0 Å². The van der Waals surface area contributed by atoms with Gasteiger partial charge in [-0.15, -0.1) is 0 Å². The number of hydrogen-bond acceptors (Lipinski definition) is 6. The molecule has 252 valence electrons. The number of amides is 1. The van der Waals surface area contributed by atoms with Crippen LogP contribution in [0.15, 0.2) is 24.3 Å². The number of piperidine rings is 1. The summed E-state index contributed by atoms with van der Waals surface area (Å²) in [5, 5.41) is 0.427. The van der Waals surface area contributed by atoms with Gasteiger partial charge in [0.05, 0.1) is 35.0 Å². The molecule has 3 heterocycles. The van der Waals surface area contributed by atoms with Gasteiger partial charge in [-0.1, -0.05) is 17.7 Å². The van der Waals surface area contributed by atoms with Crippen LogP contribution in [0.2, 0.25) is 5.02 Å². The number of rotatable bonds is 10. The molecule has 0 bridgehead atoms. The third-order valence-electron chi connectivity index (χ3n) is 10.6. The minimum absolute atomic E-state index is 0.00382. The molecule has 2 aliphatic carbocycles. The van der Waals surface area contributed by atoms with Crippen molar-refractivity contribution in [1.29, 1.82) is 0 Å². The number of anilines is 1. The van der Waals surface area contributed by atoms with Gasteiger partial charge < -0.3 is 9.64 Å². The Bertz CT molecular complexity index is 1550. The van der Waals surface area contributed by atoms with Gasteiger partial charge >= 0.3 is 0 Å².